The summed E-state index contributed by atoms with van der Waals surface area (Å²) in [7, 11) is 0. The average molecular weight is 410 g/mol. The molecular formula is C21H21F3O5. The van der Waals surface area contributed by atoms with E-state index in [2.05, 4.69) is 0 Å². The van der Waals surface area contributed by atoms with Crippen molar-refractivity contribution in [3.63, 3.8) is 0 Å². The van der Waals surface area contributed by atoms with Gasteiger partial charge in [0.25, 0.3) is 0 Å². The van der Waals surface area contributed by atoms with E-state index in [1.165, 1.54) is 12.1 Å². The molecule has 156 valence electrons. The summed E-state index contributed by atoms with van der Waals surface area (Å²) >= 11 is 0. The van der Waals surface area contributed by atoms with Crippen molar-refractivity contribution in [2.45, 2.75) is 39.3 Å². The molecular weight excluding hydrogens is 389 g/mol. The van der Waals surface area contributed by atoms with E-state index in [4.69, 9.17) is 9.47 Å². The van der Waals surface area contributed by atoms with Crippen molar-refractivity contribution >= 4 is 23.3 Å². The van der Waals surface area contributed by atoms with Gasteiger partial charge in [-0.3, -0.25) is 14.4 Å². The van der Waals surface area contributed by atoms with Crippen LogP contribution >= 0.6 is 0 Å². The largest absolute Gasteiger partial charge is 0.465 e. The van der Waals surface area contributed by atoms with E-state index in [9.17, 15) is 27.6 Å². The van der Waals surface area contributed by atoms with E-state index in [1.807, 2.05) is 0 Å². The van der Waals surface area contributed by atoms with E-state index in [1.54, 1.807) is 13.8 Å². The minimum absolute atomic E-state index is 0.0303. The number of halogens is 3. The summed E-state index contributed by atoms with van der Waals surface area (Å²) in [4.78, 5) is 37.8. The lowest BCUT2D eigenvalue weighted by Gasteiger charge is -2.24. The standard InChI is InChI=1S/C21H21F3O5/c1-3-28-18(26)20(19(27)29-4-2)10-13-9-16(25)17(15(13)11-20)12-5-7-14(8-6-12)21(22,23)24/h5-8,13H,3-4,9-11H2,1-2H3. The van der Waals surface area contributed by atoms with Crippen LogP contribution in [0.2, 0.25) is 0 Å². The number of rotatable bonds is 5. The first-order valence-electron chi connectivity index (χ1n) is 9.42. The Labute approximate surface area is 165 Å². The van der Waals surface area contributed by atoms with Crippen molar-refractivity contribution in [1.29, 1.82) is 0 Å². The topological polar surface area (TPSA) is 69.7 Å². The number of hydrogen-bond donors (Lipinski definition) is 0. The molecule has 0 aromatic heterocycles. The number of ether oxygens (including phenoxy) is 2. The molecule has 0 heterocycles. The van der Waals surface area contributed by atoms with Crippen LogP contribution in [0.25, 0.3) is 5.57 Å². The van der Waals surface area contributed by atoms with E-state index in [0.717, 1.165) is 12.1 Å². The van der Waals surface area contributed by atoms with E-state index in [0.29, 0.717) is 16.7 Å². The molecule has 1 aromatic carbocycles. The summed E-state index contributed by atoms with van der Waals surface area (Å²) in [5.74, 6) is -1.93. The number of carbonyl (C=O) groups excluding carboxylic acids is 3. The molecule has 0 bridgehead atoms. The molecule has 0 N–H and O–H groups in total. The Hall–Kier alpha value is -2.64. The Balaban J connectivity index is 2.02. The Morgan fingerprint density at radius 3 is 2.10 bits per heavy atom. The number of carbonyl (C=O) groups is 3. The fourth-order valence-corrected chi connectivity index (χ4v) is 4.18. The maximum absolute atomic E-state index is 12.8. The number of esters is 2. The lowest BCUT2D eigenvalue weighted by Crippen LogP contribution is -2.40. The van der Waals surface area contributed by atoms with Crippen LogP contribution in [-0.4, -0.2) is 30.9 Å². The third-order valence-corrected chi connectivity index (χ3v) is 5.44. The number of Topliss-reactive ketones (excluding diaryl/α,β-unsaturated/α-hetero) is 1. The molecule has 3 rings (SSSR count). The molecule has 1 fully saturated rings. The Kier molecular flexibility index (Phi) is 5.56. The van der Waals surface area contributed by atoms with Crippen LogP contribution in [0, 0.1) is 11.3 Å². The Morgan fingerprint density at radius 1 is 1.07 bits per heavy atom. The Bertz CT molecular complexity index is 849. The second-order valence-corrected chi connectivity index (χ2v) is 7.20. The number of alkyl halides is 3. The number of allylic oxidation sites excluding steroid dienone is 2. The summed E-state index contributed by atoms with van der Waals surface area (Å²) in [6.45, 7) is 3.44. The SMILES string of the molecule is CCOC(=O)C1(C(=O)OCC)CC2=C(c3ccc(C(F)(F)F)cc3)C(=O)CC2C1. The first kappa shape index (κ1) is 21.1. The highest BCUT2D eigenvalue weighted by Crippen LogP contribution is 2.54. The summed E-state index contributed by atoms with van der Waals surface area (Å²) < 4.78 is 48.7. The normalized spacial score (nSPS) is 20.6. The van der Waals surface area contributed by atoms with Crippen LogP contribution in [0.15, 0.2) is 29.8 Å². The molecule has 1 saturated carbocycles. The number of hydrogen-bond acceptors (Lipinski definition) is 5. The molecule has 0 saturated heterocycles. The van der Waals surface area contributed by atoms with Gasteiger partial charge in [-0.25, -0.2) is 0 Å². The van der Waals surface area contributed by atoms with Crippen molar-refractivity contribution in [1.82, 2.24) is 0 Å². The van der Waals surface area contributed by atoms with Crippen molar-refractivity contribution < 1.29 is 37.0 Å². The second-order valence-electron chi connectivity index (χ2n) is 7.20. The van der Waals surface area contributed by atoms with Crippen LogP contribution < -0.4 is 0 Å². The molecule has 29 heavy (non-hydrogen) atoms. The molecule has 2 aliphatic rings. The van der Waals surface area contributed by atoms with Crippen molar-refractivity contribution in [2.75, 3.05) is 13.2 Å². The van der Waals surface area contributed by atoms with Crippen LogP contribution in [0.3, 0.4) is 0 Å². The van der Waals surface area contributed by atoms with Crippen LogP contribution in [-0.2, 0) is 30.0 Å². The lowest BCUT2D eigenvalue weighted by atomic mass is 9.83. The van der Waals surface area contributed by atoms with Crippen molar-refractivity contribution in [3.8, 4) is 0 Å². The van der Waals surface area contributed by atoms with E-state index < -0.39 is 29.1 Å². The van der Waals surface area contributed by atoms with Gasteiger partial charge in [-0.05, 0) is 50.3 Å². The molecule has 1 unspecified atom stereocenters. The van der Waals surface area contributed by atoms with Crippen LogP contribution in [0.5, 0.6) is 0 Å². The number of ketones is 1. The maximum atomic E-state index is 12.8. The maximum Gasteiger partial charge on any atom is 0.416 e. The summed E-state index contributed by atoms with van der Waals surface area (Å²) in [6, 6.07) is 4.34. The van der Waals surface area contributed by atoms with Gasteiger partial charge in [0.05, 0.1) is 18.8 Å². The smallest absolute Gasteiger partial charge is 0.416 e. The molecule has 5 nitrogen and oxygen atoms in total. The highest BCUT2D eigenvalue weighted by Gasteiger charge is 2.58. The van der Waals surface area contributed by atoms with E-state index in [-0.39, 0.29) is 44.2 Å². The molecule has 1 atom stereocenters. The van der Waals surface area contributed by atoms with Gasteiger partial charge >= 0.3 is 18.1 Å². The van der Waals surface area contributed by atoms with Gasteiger partial charge in [-0.2, -0.15) is 13.2 Å². The molecule has 0 aliphatic heterocycles. The molecule has 0 amide bonds. The van der Waals surface area contributed by atoms with Crippen molar-refractivity contribution in [2.24, 2.45) is 11.3 Å². The zero-order valence-corrected chi connectivity index (χ0v) is 16.1. The monoisotopic (exact) mass is 410 g/mol. The van der Waals surface area contributed by atoms with Crippen LogP contribution in [0.4, 0.5) is 13.2 Å². The first-order chi connectivity index (χ1) is 13.6. The van der Waals surface area contributed by atoms with E-state index >= 15 is 0 Å². The zero-order valence-electron chi connectivity index (χ0n) is 16.1. The van der Waals surface area contributed by atoms with Crippen LogP contribution in [0.1, 0.15) is 44.2 Å². The molecule has 0 radical (unpaired) electrons. The predicted molar refractivity (Wildman–Crippen MR) is 96.4 cm³/mol. The minimum Gasteiger partial charge on any atom is -0.465 e. The minimum atomic E-state index is -4.48. The third-order valence-electron chi connectivity index (χ3n) is 5.44. The first-order valence-corrected chi connectivity index (χ1v) is 9.42. The fraction of sp³-hybridized carbons (Fsp3) is 0.476. The number of benzene rings is 1. The van der Waals surface area contributed by atoms with Crippen molar-refractivity contribution in [3.05, 3.63) is 41.0 Å². The highest BCUT2D eigenvalue weighted by molar-refractivity contribution is 6.24. The highest BCUT2D eigenvalue weighted by atomic mass is 19.4. The van der Waals surface area contributed by atoms with Gasteiger partial charge in [0.2, 0.25) is 0 Å². The quantitative estimate of drug-likeness (QED) is 0.543. The lowest BCUT2D eigenvalue weighted by molar-refractivity contribution is -0.171. The van der Waals surface area contributed by atoms with Gasteiger partial charge < -0.3 is 9.47 Å². The molecule has 8 heteroatoms. The predicted octanol–water partition coefficient (Wildman–Crippen LogP) is 3.95. The van der Waals surface area contributed by atoms with Gasteiger partial charge in [-0.1, -0.05) is 17.7 Å². The molecule has 2 aliphatic carbocycles. The molecule has 0 spiro atoms. The zero-order chi connectivity index (χ0) is 21.4. The molecule has 1 aromatic rings. The van der Waals surface area contributed by atoms with Gasteiger partial charge in [0.15, 0.2) is 11.2 Å². The average Bonchev–Trinajstić information content (AvgIpc) is 3.15. The van der Waals surface area contributed by atoms with Gasteiger partial charge in [-0.15, -0.1) is 0 Å². The third kappa shape index (κ3) is 3.68. The summed E-state index contributed by atoms with van der Waals surface area (Å²) in [6.07, 6.45) is -4.31. The fourth-order valence-electron chi connectivity index (χ4n) is 4.18. The Morgan fingerprint density at radius 2 is 1.62 bits per heavy atom. The van der Waals surface area contributed by atoms with Gasteiger partial charge in [0, 0.05) is 12.0 Å². The summed E-state index contributed by atoms with van der Waals surface area (Å²) in [5.41, 5.74) is -1.09. The summed E-state index contributed by atoms with van der Waals surface area (Å²) in [5, 5.41) is 0. The number of fused-ring (bicyclic) bond motifs is 1. The van der Waals surface area contributed by atoms with Gasteiger partial charge in [0.1, 0.15) is 0 Å². The second kappa shape index (κ2) is 7.65.